The number of methoxy groups -OCH3 is 1. The number of likely N-dealkylation sites (tertiary alicyclic amines) is 1. The number of hydrogen-bond donors (Lipinski definition) is 0. The van der Waals surface area contributed by atoms with E-state index in [-0.39, 0.29) is 11.9 Å². The molecule has 0 spiro atoms. The van der Waals surface area contributed by atoms with Crippen molar-refractivity contribution in [3.05, 3.63) is 28.2 Å². The fourth-order valence-corrected chi connectivity index (χ4v) is 3.09. The molecule has 104 valence electrons. The van der Waals surface area contributed by atoms with Gasteiger partial charge in [-0.15, -0.1) is 0 Å². The number of rotatable bonds is 4. The zero-order chi connectivity index (χ0) is 13.8. The summed E-state index contributed by atoms with van der Waals surface area (Å²) in [5.74, 6) is 1.12. The summed E-state index contributed by atoms with van der Waals surface area (Å²) in [4.78, 5) is 14.2. The molecule has 1 heterocycles. The largest absolute Gasteiger partial charge is 0.496 e. The summed E-state index contributed by atoms with van der Waals surface area (Å²) in [6.45, 7) is 2.90. The molecule has 2 rings (SSSR count). The van der Waals surface area contributed by atoms with Crippen molar-refractivity contribution in [3.8, 4) is 5.75 Å². The fourth-order valence-electron chi connectivity index (χ4n) is 2.71. The van der Waals surface area contributed by atoms with Gasteiger partial charge < -0.3 is 9.64 Å². The van der Waals surface area contributed by atoms with Crippen LogP contribution in [0, 0.1) is 0 Å². The lowest BCUT2D eigenvalue weighted by Gasteiger charge is -2.26. The molecule has 1 amide bonds. The first-order valence-electron chi connectivity index (χ1n) is 6.80. The molecule has 1 fully saturated rings. The van der Waals surface area contributed by atoms with Crippen molar-refractivity contribution in [2.75, 3.05) is 13.7 Å². The Morgan fingerprint density at radius 2 is 2.32 bits per heavy atom. The predicted molar refractivity (Wildman–Crippen MR) is 79.3 cm³/mol. The van der Waals surface area contributed by atoms with Crippen molar-refractivity contribution in [3.63, 3.8) is 0 Å². The smallest absolute Gasteiger partial charge is 0.223 e. The van der Waals surface area contributed by atoms with Crippen LogP contribution >= 0.6 is 15.9 Å². The Morgan fingerprint density at radius 1 is 1.53 bits per heavy atom. The van der Waals surface area contributed by atoms with E-state index in [2.05, 4.69) is 22.0 Å². The van der Waals surface area contributed by atoms with Gasteiger partial charge in [-0.1, -0.05) is 22.9 Å². The number of nitrogens with zero attached hydrogens (tertiary/aromatic N) is 1. The van der Waals surface area contributed by atoms with E-state index < -0.39 is 0 Å². The molecule has 3 nitrogen and oxygen atoms in total. The van der Waals surface area contributed by atoms with Crippen molar-refractivity contribution < 1.29 is 9.53 Å². The van der Waals surface area contributed by atoms with Gasteiger partial charge in [0, 0.05) is 23.0 Å². The van der Waals surface area contributed by atoms with Crippen molar-refractivity contribution in [1.82, 2.24) is 4.90 Å². The molecule has 1 saturated heterocycles. The third kappa shape index (κ3) is 3.11. The maximum atomic E-state index is 12.2. The van der Waals surface area contributed by atoms with Crippen LogP contribution in [-0.2, 0) is 4.79 Å². The lowest BCUT2D eigenvalue weighted by atomic mass is 10.0. The quantitative estimate of drug-likeness (QED) is 0.839. The van der Waals surface area contributed by atoms with Crippen LogP contribution in [0.3, 0.4) is 0 Å². The van der Waals surface area contributed by atoms with Gasteiger partial charge in [0.2, 0.25) is 5.91 Å². The highest BCUT2D eigenvalue weighted by Crippen LogP contribution is 2.38. The Hall–Kier alpha value is -1.03. The first-order valence-corrected chi connectivity index (χ1v) is 7.59. The summed E-state index contributed by atoms with van der Waals surface area (Å²) in [7, 11) is 1.68. The van der Waals surface area contributed by atoms with E-state index in [9.17, 15) is 4.79 Å². The van der Waals surface area contributed by atoms with Crippen LogP contribution in [-0.4, -0.2) is 24.5 Å². The van der Waals surface area contributed by atoms with E-state index in [4.69, 9.17) is 4.74 Å². The Labute approximate surface area is 123 Å². The third-order valence-electron chi connectivity index (χ3n) is 3.59. The van der Waals surface area contributed by atoms with Crippen LogP contribution in [0.15, 0.2) is 22.7 Å². The van der Waals surface area contributed by atoms with E-state index in [1.165, 1.54) is 0 Å². The molecular weight excluding hydrogens is 306 g/mol. The number of hydrogen-bond acceptors (Lipinski definition) is 2. The second kappa shape index (κ2) is 6.42. The van der Waals surface area contributed by atoms with Gasteiger partial charge >= 0.3 is 0 Å². The lowest BCUT2D eigenvalue weighted by Crippen LogP contribution is -2.30. The average molecular weight is 326 g/mol. The highest BCUT2D eigenvalue weighted by molar-refractivity contribution is 9.10. The number of ether oxygens (including phenoxy) is 1. The molecular formula is C15H20BrNO2. The molecule has 0 unspecified atom stereocenters. The fraction of sp³-hybridized carbons (Fsp3) is 0.533. The van der Waals surface area contributed by atoms with Gasteiger partial charge in [-0.05, 0) is 37.5 Å². The predicted octanol–water partition coefficient (Wildman–Crippen LogP) is 3.92. The van der Waals surface area contributed by atoms with Gasteiger partial charge in [-0.3, -0.25) is 4.79 Å². The van der Waals surface area contributed by atoms with Crippen LogP contribution in [0.4, 0.5) is 0 Å². The monoisotopic (exact) mass is 325 g/mol. The second-order valence-corrected chi connectivity index (χ2v) is 5.80. The van der Waals surface area contributed by atoms with E-state index in [0.717, 1.165) is 41.6 Å². The molecule has 1 aliphatic heterocycles. The first-order chi connectivity index (χ1) is 9.17. The summed E-state index contributed by atoms with van der Waals surface area (Å²) in [6, 6.07) is 6.16. The van der Waals surface area contributed by atoms with Gasteiger partial charge in [-0.2, -0.15) is 0 Å². The van der Waals surface area contributed by atoms with Crippen LogP contribution in [0.5, 0.6) is 5.75 Å². The molecule has 0 aromatic heterocycles. The van der Waals surface area contributed by atoms with E-state index >= 15 is 0 Å². The van der Waals surface area contributed by atoms with Gasteiger partial charge in [0.25, 0.3) is 0 Å². The Bertz CT molecular complexity index is 461. The van der Waals surface area contributed by atoms with Crippen molar-refractivity contribution in [1.29, 1.82) is 0 Å². The number of amides is 1. The van der Waals surface area contributed by atoms with Crippen molar-refractivity contribution >= 4 is 21.8 Å². The topological polar surface area (TPSA) is 29.5 Å². The summed E-state index contributed by atoms with van der Waals surface area (Å²) in [6.07, 6.45) is 3.61. The number of benzene rings is 1. The van der Waals surface area contributed by atoms with E-state index in [1.807, 2.05) is 24.0 Å². The third-order valence-corrected chi connectivity index (χ3v) is 4.08. The number of halogens is 1. The molecule has 1 aromatic carbocycles. The van der Waals surface area contributed by atoms with Crippen LogP contribution < -0.4 is 4.74 Å². The minimum Gasteiger partial charge on any atom is -0.496 e. The molecule has 1 aliphatic rings. The molecule has 4 heteroatoms. The van der Waals surface area contributed by atoms with Gasteiger partial charge in [0.05, 0.1) is 13.2 Å². The van der Waals surface area contributed by atoms with Gasteiger partial charge in [0.1, 0.15) is 5.75 Å². The maximum Gasteiger partial charge on any atom is 0.223 e. The minimum atomic E-state index is 0.159. The normalized spacial score (nSPS) is 18.7. The number of carbonyl (C=O) groups is 1. The van der Waals surface area contributed by atoms with Crippen LogP contribution in [0.2, 0.25) is 0 Å². The molecule has 0 N–H and O–H groups in total. The van der Waals surface area contributed by atoms with Crippen LogP contribution in [0.1, 0.15) is 44.2 Å². The maximum absolute atomic E-state index is 12.2. The molecule has 0 bridgehead atoms. The Morgan fingerprint density at radius 3 is 3.00 bits per heavy atom. The second-order valence-electron chi connectivity index (χ2n) is 4.88. The summed E-state index contributed by atoms with van der Waals surface area (Å²) in [5, 5.41) is 0. The molecule has 0 aliphatic carbocycles. The minimum absolute atomic E-state index is 0.159. The number of carbonyl (C=O) groups excluding carboxylic acids is 1. The van der Waals surface area contributed by atoms with Gasteiger partial charge in [0.15, 0.2) is 0 Å². The lowest BCUT2D eigenvalue weighted by molar-refractivity contribution is -0.132. The standard InChI is InChI=1S/C15H20BrNO2/c1-3-5-15(18)17-9-4-6-13(17)12-10-11(16)7-8-14(12)19-2/h7-8,10,13H,3-6,9H2,1-2H3/t13-/m0/s1. The van der Waals surface area contributed by atoms with Crippen molar-refractivity contribution in [2.24, 2.45) is 0 Å². The first kappa shape index (κ1) is 14.4. The highest BCUT2D eigenvalue weighted by atomic mass is 79.9. The average Bonchev–Trinajstić information content (AvgIpc) is 2.88. The van der Waals surface area contributed by atoms with E-state index in [0.29, 0.717) is 6.42 Å². The summed E-state index contributed by atoms with van der Waals surface area (Å²) in [5.41, 5.74) is 1.11. The zero-order valence-electron chi connectivity index (χ0n) is 11.5. The van der Waals surface area contributed by atoms with E-state index in [1.54, 1.807) is 7.11 Å². The highest BCUT2D eigenvalue weighted by Gasteiger charge is 2.31. The molecule has 1 atom stereocenters. The van der Waals surface area contributed by atoms with Gasteiger partial charge in [-0.25, -0.2) is 0 Å². The Kier molecular flexibility index (Phi) is 4.86. The molecule has 1 aromatic rings. The SMILES string of the molecule is CCCC(=O)N1CCC[C@H]1c1cc(Br)ccc1OC. The van der Waals surface area contributed by atoms with Crippen LogP contribution in [0.25, 0.3) is 0 Å². The summed E-state index contributed by atoms with van der Waals surface area (Å²) >= 11 is 3.50. The molecule has 0 radical (unpaired) electrons. The molecule has 19 heavy (non-hydrogen) atoms. The Balaban J connectivity index is 2.29. The zero-order valence-corrected chi connectivity index (χ0v) is 13.1. The molecule has 0 saturated carbocycles. The van der Waals surface area contributed by atoms with Crippen molar-refractivity contribution in [2.45, 2.75) is 38.6 Å². The summed E-state index contributed by atoms with van der Waals surface area (Å²) < 4.78 is 6.47.